The van der Waals surface area contributed by atoms with Gasteiger partial charge in [-0.25, -0.2) is 13.9 Å². The molecule has 0 unspecified atom stereocenters. The van der Waals surface area contributed by atoms with Gasteiger partial charge >= 0.3 is 15.6 Å². The van der Waals surface area contributed by atoms with Gasteiger partial charge in [-0.05, 0) is 39.3 Å². The fraction of sp³-hybridized carbons (Fsp3) is 0.583. The molecule has 2 atom stereocenters. The largest absolute Gasteiger partial charge is 0.534 e. The van der Waals surface area contributed by atoms with Gasteiger partial charge in [-0.1, -0.05) is 11.6 Å². The molecule has 0 saturated heterocycles. The van der Waals surface area contributed by atoms with Crippen LogP contribution in [0.25, 0.3) is 0 Å². The molecule has 0 aromatic carbocycles. The Morgan fingerprint density at radius 3 is 2.29 bits per heavy atom. The molecular formula is C12H16ClF3N2O4S2. The molecule has 0 aliphatic carbocycles. The van der Waals surface area contributed by atoms with Crippen molar-refractivity contribution in [2.75, 3.05) is 0 Å². The highest BCUT2D eigenvalue weighted by atomic mass is 35.5. The Hall–Kier alpha value is -0.910. The third-order valence-corrected chi connectivity index (χ3v) is 5.44. The van der Waals surface area contributed by atoms with E-state index in [0.717, 1.165) is 6.07 Å². The zero-order valence-electron chi connectivity index (χ0n) is 13.1. The van der Waals surface area contributed by atoms with E-state index in [4.69, 9.17) is 11.6 Å². The second kappa shape index (κ2) is 7.14. The number of hydrogen-bond donors (Lipinski definition) is 1. The topological polar surface area (TPSA) is 85.4 Å². The number of hydrogen-bond acceptors (Lipinski definition) is 5. The van der Waals surface area contributed by atoms with Gasteiger partial charge in [-0.15, -0.1) is 0 Å². The molecule has 1 N–H and O–H groups in total. The Morgan fingerprint density at radius 2 is 1.83 bits per heavy atom. The highest BCUT2D eigenvalue weighted by Gasteiger charge is 2.49. The van der Waals surface area contributed by atoms with Crippen LogP contribution in [0.5, 0.6) is 5.88 Å². The van der Waals surface area contributed by atoms with Crippen molar-refractivity contribution < 1.29 is 30.0 Å². The molecular weight excluding hydrogens is 393 g/mol. The van der Waals surface area contributed by atoms with Crippen LogP contribution in [0, 0.1) is 0 Å². The SMILES string of the molecule is C[C@@H](N[S@@](=O)C(C)(C)C)c1cc(Cl)nc(OS(=O)(=O)C(F)(F)F)c1. The van der Waals surface area contributed by atoms with Crippen LogP contribution < -0.4 is 8.91 Å². The van der Waals surface area contributed by atoms with E-state index in [1.165, 1.54) is 6.07 Å². The molecule has 0 amide bonds. The van der Waals surface area contributed by atoms with Gasteiger partial charge in [0.2, 0.25) is 5.88 Å². The molecule has 1 rings (SSSR count). The summed E-state index contributed by atoms with van der Waals surface area (Å²) in [6, 6.07) is 1.67. The standard InChI is InChI=1S/C12H16ClF3N2O4S2/c1-7(18-23(19)11(2,3)4)8-5-9(13)17-10(6-8)22-24(20,21)12(14,15)16/h5-7,18H,1-4H3/t7-,23+/m1/s1. The second-order valence-corrected chi connectivity index (χ2v) is 9.69. The molecule has 0 fully saturated rings. The lowest BCUT2D eigenvalue weighted by molar-refractivity contribution is -0.0501. The van der Waals surface area contributed by atoms with Crippen molar-refractivity contribution >= 4 is 32.7 Å². The summed E-state index contributed by atoms with van der Waals surface area (Å²) in [6.45, 7) is 6.77. The van der Waals surface area contributed by atoms with E-state index in [0.29, 0.717) is 0 Å². The molecule has 0 aliphatic rings. The number of pyridine rings is 1. The monoisotopic (exact) mass is 408 g/mol. The van der Waals surface area contributed by atoms with Crippen molar-refractivity contribution in [3.63, 3.8) is 0 Å². The van der Waals surface area contributed by atoms with E-state index >= 15 is 0 Å². The number of nitrogens with zero attached hydrogens (tertiary/aromatic N) is 1. The summed E-state index contributed by atoms with van der Waals surface area (Å²) in [7, 11) is -7.32. The Bertz CT molecular complexity index is 733. The van der Waals surface area contributed by atoms with E-state index in [1.54, 1.807) is 27.7 Å². The van der Waals surface area contributed by atoms with Crippen molar-refractivity contribution in [1.29, 1.82) is 0 Å². The summed E-state index contributed by atoms with van der Waals surface area (Å²) in [4.78, 5) is 3.40. The summed E-state index contributed by atoms with van der Waals surface area (Å²) in [6.07, 6.45) is 0. The highest BCUT2D eigenvalue weighted by molar-refractivity contribution is 7.88. The van der Waals surface area contributed by atoms with Gasteiger partial charge in [0.05, 0.1) is 15.7 Å². The lowest BCUT2D eigenvalue weighted by Gasteiger charge is -2.22. The maximum absolute atomic E-state index is 12.4. The average Bonchev–Trinajstić information content (AvgIpc) is 2.34. The van der Waals surface area contributed by atoms with Crippen LogP contribution in [-0.2, 0) is 21.1 Å². The third kappa shape index (κ3) is 5.57. The molecule has 24 heavy (non-hydrogen) atoms. The molecule has 12 heteroatoms. The van der Waals surface area contributed by atoms with Crippen LogP contribution in [0.2, 0.25) is 5.15 Å². The quantitative estimate of drug-likeness (QED) is 0.459. The molecule has 1 aromatic rings. The van der Waals surface area contributed by atoms with E-state index in [1.807, 2.05) is 0 Å². The highest BCUT2D eigenvalue weighted by Crippen LogP contribution is 2.29. The molecule has 0 spiro atoms. The summed E-state index contributed by atoms with van der Waals surface area (Å²) in [5, 5.41) is -0.268. The van der Waals surface area contributed by atoms with Crippen molar-refractivity contribution in [2.24, 2.45) is 0 Å². The summed E-state index contributed by atoms with van der Waals surface area (Å²) < 4.78 is 77.3. The summed E-state index contributed by atoms with van der Waals surface area (Å²) in [5.41, 5.74) is -5.32. The molecule has 0 aliphatic heterocycles. The first kappa shape index (κ1) is 21.1. The number of nitrogens with one attached hydrogen (secondary N) is 1. The number of rotatable bonds is 5. The van der Waals surface area contributed by atoms with Gasteiger partial charge in [0.1, 0.15) is 5.15 Å². The Morgan fingerprint density at radius 1 is 1.29 bits per heavy atom. The minimum absolute atomic E-state index is 0.264. The number of aromatic nitrogens is 1. The van der Waals surface area contributed by atoms with E-state index in [2.05, 4.69) is 13.9 Å². The normalized spacial score (nSPS) is 15.8. The average molecular weight is 409 g/mol. The smallest absolute Gasteiger partial charge is 0.355 e. The van der Waals surface area contributed by atoms with Gasteiger partial charge in [-0.3, -0.25) is 0 Å². The Balaban J connectivity index is 3.09. The van der Waals surface area contributed by atoms with Crippen LogP contribution in [0.3, 0.4) is 0 Å². The minimum atomic E-state index is -5.86. The molecule has 1 heterocycles. The van der Waals surface area contributed by atoms with E-state index < -0.39 is 43.3 Å². The fourth-order valence-corrected chi connectivity index (χ4v) is 2.77. The number of alkyl halides is 3. The van der Waals surface area contributed by atoms with Crippen molar-refractivity contribution in [2.45, 2.75) is 44.0 Å². The van der Waals surface area contributed by atoms with E-state index in [9.17, 15) is 25.8 Å². The lowest BCUT2D eigenvalue weighted by Crippen LogP contribution is -2.34. The van der Waals surface area contributed by atoms with Crippen LogP contribution in [-0.4, -0.2) is 27.9 Å². The fourth-order valence-electron chi connectivity index (χ4n) is 1.35. The summed E-state index contributed by atoms with van der Waals surface area (Å²) in [5.74, 6) is -0.829. The Kier molecular flexibility index (Phi) is 6.29. The van der Waals surface area contributed by atoms with E-state index in [-0.39, 0.29) is 10.7 Å². The van der Waals surface area contributed by atoms with Gasteiger partial charge in [0.15, 0.2) is 0 Å². The first-order valence-corrected chi connectivity index (χ1v) is 9.43. The van der Waals surface area contributed by atoms with Gasteiger partial charge in [-0.2, -0.15) is 21.6 Å². The predicted molar refractivity (Wildman–Crippen MR) is 84.3 cm³/mol. The molecule has 0 bridgehead atoms. The molecule has 6 nitrogen and oxygen atoms in total. The minimum Gasteiger partial charge on any atom is -0.355 e. The predicted octanol–water partition coefficient (Wildman–Crippen LogP) is 3.08. The molecule has 0 radical (unpaired) electrons. The van der Waals surface area contributed by atoms with Crippen LogP contribution in [0.1, 0.15) is 39.3 Å². The molecule has 138 valence electrons. The molecule has 1 aromatic heterocycles. The third-order valence-electron chi connectivity index (χ3n) is 2.61. The first-order chi connectivity index (χ1) is 10.6. The zero-order chi connectivity index (χ0) is 18.9. The Labute approximate surface area is 145 Å². The van der Waals surface area contributed by atoms with Crippen LogP contribution in [0.4, 0.5) is 13.2 Å². The maximum atomic E-state index is 12.4. The zero-order valence-corrected chi connectivity index (χ0v) is 15.5. The van der Waals surface area contributed by atoms with Crippen LogP contribution >= 0.6 is 11.6 Å². The maximum Gasteiger partial charge on any atom is 0.534 e. The van der Waals surface area contributed by atoms with Crippen molar-refractivity contribution in [3.05, 3.63) is 22.8 Å². The van der Waals surface area contributed by atoms with Crippen LogP contribution in [0.15, 0.2) is 12.1 Å². The van der Waals surface area contributed by atoms with Gasteiger partial charge in [0.25, 0.3) is 0 Å². The van der Waals surface area contributed by atoms with Gasteiger partial charge < -0.3 is 4.18 Å². The van der Waals surface area contributed by atoms with Gasteiger partial charge in [0, 0.05) is 12.1 Å². The summed E-state index contributed by atoms with van der Waals surface area (Å²) >= 11 is 5.69. The van der Waals surface area contributed by atoms with Crippen molar-refractivity contribution in [3.8, 4) is 5.88 Å². The number of halogens is 4. The molecule has 0 saturated carbocycles. The van der Waals surface area contributed by atoms with Crippen molar-refractivity contribution in [1.82, 2.24) is 9.71 Å². The lowest BCUT2D eigenvalue weighted by atomic mass is 10.1. The first-order valence-electron chi connectivity index (χ1n) is 6.50. The second-order valence-electron chi connectivity index (χ2n) is 5.77.